The van der Waals surface area contributed by atoms with Gasteiger partial charge in [0, 0.05) is 5.69 Å². The molecule has 2 N–H and O–H groups in total. The van der Waals surface area contributed by atoms with Crippen LogP contribution in [0.1, 0.15) is 12.0 Å². The second-order valence-electron chi connectivity index (χ2n) is 5.37. The number of fused-ring (bicyclic) bond motifs is 1. The fraction of sp³-hybridized carbons (Fsp3) is 0.176. The maximum Gasteiger partial charge on any atom is 0.304 e. The number of benzene rings is 2. The Balaban J connectivity index is 1.92. The normalized spacial score (nSPS) is 16.8. The van der Waals surface area contributed by atoms with Crippen molar-refractivity contribution in [3.63, 3.8) is 0 Å². The fourth-order valence-corrected chi connectivity index (χ4v) is 2.68. The molecule has 22 heavy (non-hydrogen) atoms. The van der Waals surface area contributed by atoms with Crippen molar-refractivity contribution in [2.24, 2.45) is 5.92 Å². The highest BCUT2D eigenvalue weighted by Gasteiger charge is 2.28. The third-order valence-corrected chi connectivity index (χ3v) is 3.80. The Morgan fingerprint density at radius 3 is 2.55 bits per heavy atom. The number of anilines is 1. The average molecular weight is 299 g/mol. The van der Waals surface area contributed by atoms with Gasteiger partial charge in [-0.25, -0.2) is 4.39 Å². The molecular formula is C17H14FNO3. The predicted molar refractivity (Wildman–Crippen MR) is 79.9 cm³/mol. The molecule has 0 aliphatic carbocycles. The molecule has 2 aromatic carbocycles. The highest BCUT2D eigenvalue weighted by molar-refractivity contribution is 5.97. The van der Waals surface area contributed by atoms with Gasteiger partial charge in [0.15, 0.2) is 0 Å². The van der Waals surface area contributed by atoms with Crippen molar-refractivity contribution in [1.29, 1.82) is 0 Å². The van der Waals surface area contributed by atoms with Gasteiger partial charge in [-0.2, -0.15) is 0 Å². The molecule has 5 heteroatoms. The van der Waals surface area contributed by atoms with Gasteiger partial charge in [-0.1, -0.05) is 18.2 Å². The summed E-state index contributed by atoms with van der Waals surface area (Å²) in [5, 5.41) is 11.6. The van der Waals surface area contributed by atoms with E-state index in [2.05, 4.69) is 5.32 Å². The van der Waals surface area contributed by atoms with Gasteiger partial charge in [0.1, 0.15) is 5.82 Å². The molecule has 0 bridgehead atoms. The molecule has 1 atom stereocenters. The summed E-state index contributed by atoms with van der Waals surface area (Å²) < 4.78 is 13.0. The summed E-state index contributed by atoms with van der Waals surface area (Å²) >= 11 is 0. The summed E-state index contributed by atoms with van der Waals surface area (Å²) in [7, 11) is 0. The van der Waals surface area contributed by atoms with Crippen LogP contribution in [0.3, 0.4) is 0 Å². The van der Waals surface area contributed by atoms with E-state index < -0.39 is 11.9 Å². The quantitative estimate of drug-likeness (QED) is 0.915. The lowest BCUT2D eigenvalue weighted by atomic mass is 9.89. The zero-order chi connectivity index (χ0) is 15.7. The first-order valence-electron chi connectivity index (χ1n) is 6.94. The molecule has 0 fully saturated rings. The van der Waals surface area contributed by atoms with Crippen molar-refractivity contribution < 1.29 is 19.1 Å². The summed E-state index contributed by atoms with van der Waals surface area (Å²) in [6.07, 6.45) is 0.203. The predicted octanol–water partition coefficient (Wildman–Crippen LogP) is 3.08. The number of hydrogen-bond acceptors (Lipinski definition) is 2. The Bertz CT molecular complexity index is 740. The molecule has 0 saturated heterocycles. The SMILES string of the molecule is O=C(O)CC1Cc2cc(-c3ccc(F)cc3)ccc2NC1=O. The van der Waals surface area contributed by atoms with Crippen LogP contribution in [0, 0.1) is 11.7 Å². The van der Waals surface area contributed by atoms with Gasteiger partial charge >= 0.3 is 5.97 Å². The molecule has 0 aromatic heterocycles. The summed E-state index contributed by atoms with van der Waals surface area (Å²) in [5.74, 6) is -2.10. The lowest BCUT2D eigenvalue weighted by Gasteiger charge is -2.24. The summed E-state index contributed by atoms with van der Waals surface area (Å²) in [6, 6.07) is 11.7. The van der Waals surface area contributed by atoms with Crippen molar-refractivity contribution in [2.75, 3.05) is 5.32 Å². The highest BCUT2D eigenvalue weighted by Crippen LogP contribution is 2.31. The van der Waals surface area contributed by atoms with E-state index in [1.165, 1.54) is 12.1 Å². The van der Waals surface area contributed by atoms with Crippen molar-refractivity contribution in [1.82, 2.24) is 0 Å². The number of nitrogens with one attached hydrogen (secondary N) is 1. The maximum absolute atomic E-state index is 13.0. The van der Waals surface area contributed by atoms with E-state index >= 15 is 0 Å². The van der Waals surface area contributed by atoms with Crippen LogP contribution in [0.25, 0.3) is 11.1 Å². The van der Waals surface area contributed by atoms with Gasteiger partial charge in [-0.3, -0.25) is 9.59 Å². The smallest absolute Gasteiger partial charge is 0.304 e. The summed E-state index contributed by atoms with van der Waals surface area (Å²) in [5.41, 5.74) is 3.38. The van der Waals surface area contributed by atoms with Gasteiger partial charge in [-0.15, -0.1) is 0 Å². The zero-order valence-electron chi connectivity index (χ0n) is 11.7. The number of carboxylic acids is 1. The standard InChI is InChI=1S/C17H14FNO3/c18-14-4-1-10(2-5-14)11-3-6-15-12(7-11)8-13(9-16(20)21)17(22)19-15/h1-7,13H,8-9H2,(H,19,22)(H,20,21). The van der Waals surface area contributed by atoms with Gasteiger partial charge in [0.2, 0.25) is 5.91 Å². The second-order valence-corrected chi connectivity index (χ2v) is 5.37. The minimum absolute atomic E-state index is 0.188. The minimum atomic E-state index is -0.988. The number of carbonyl (C=O) groups excluding carboxylic acids is 1. The van der Waals surface area contributed by atoms with Crippen molar-refractivity contribution >= 4 is 17.6 Å². The molecule has 1 aliphatic rings. The topological polar surface area (TPSA) is 66.4 Å². The van der Waals surface area contributed by atoms with Gasteiger partial charge in [0.25, 0.3) is 0 Å². The number of halogens is 1. The largest absolute Gasteiger partial charge is 0.481 e. The third-order valence-electron chi connectivity index (χ3n) is 3.80. The Morgan fingerprint density at radius 2 is 1.86 bits per heavy atom. The van der Waals surface area contributed by atoms with Crippen molar-refractivity contribution in [2.45, 2.75) is 12.8 Å². The number of hydrogen-bond donors (Lipinski definition) is 2. The van der Waals surface area contributed by atoms with E-state index in [1.807, 2.05) is 12.1 Å². The molecule has 4 nitrogen and oxygen atoms in total. The van der Waals surface area contributed by atoms with E-state index in [-0.39, 0.29) is 18.1 Å². The summed E-state index contributed by atoms with van der Waals surface area (Å²) in [4.78, 5) is 22.7. The van der Waals surface area contributed by atoms with Gasteiger partial charge in [0.05, 0.1) is 12.3 Å². The van der Waals surface area contributed by atoms with Crippen LogP contribution in [0.2, 0.25) is 0 Å². The first kappa shape index (κ1) is 14.3. The molecule has 1 heterocycles. The molecule has 112 valence electrons. The number of amides is 1. The van der Waals surface area contributed by atoms with E-state index in [0.29, 0.717) is 12.1 Å². The maximum atomic E-state index is 13.0. The fourth-order valence-electron chi connectivity index (χ4n) is 2.68. The van der Waals surface area contributed by atoms with Crippen LogP contribution >= 0.6 is 0 Å². The van der Waals surface area contributed by atoms with Crippen LogP contribution in [0.15, 0.2) is 42.5 Å². The Labute approximate surface area is 126 Å². The second kappa shape index (κ2) is 5.60. The minimum Gasteiger partial charge on any atom is -0.481 e. The molecule has 0 spiro atoms. The van der Waals surface area contributed by atoms with Crippen LogP contribution in [-0.4, -0.2) is 17.0 Å². The number of carboxylic acid groups (broad SMARTS) is 1. The lowest BCUT2D eigenvalue weighted by Crippen LogP contribution is -2.31. The highest BCUT2D eigenvalue weighted by atomic mass is 19.1. The Hall–Kier alpha value is -2.69. The molecule has 0 saturated carbocycles. The average Bonchev–Trinajstić information content (AvgIpc) is 2.48. The van der Waals surface area contributed by atoms with Crippen LogP contribution < -0.4 is 5.32 Å². The number of rotatable bonds is 3. The van der Waals surface area contributed by atoms with Crippen molar-refractivity contribution in [3.05, 3.63) is 53.8 Å². The molecule has 0 radical (unpaired) electrons. The van der Waals surface area contributed by atoms with E-state index in [1.54, 1.807) is 18.2 Å². The van der Waals surface area contributed by atoms with Crippen LogP contribution in [-0.2, 0) is 16.0 Å². The monoisotopic (exact) mass is 299 g/mol. The van der Waals surface area contributed by atoms with Gasteiger partial charge in [-0.05, 0) is 47.4 Å². The molecule has 1 aliphatic heterocycles. The Morgan fingerprint density at radius 1 is 1.18 bits per heavy atom. The number of carbonyl (C=O) groups is 2. The number of aliphatic carboxylic acids is 1. The van der Waals surface area contributed by atoms with Gasteiger partial charge < -0.3 is 10.4 Å². The van der Waals surface area contributed by atoms with E-state index in [0.717, 1.165) is 16.7 Å². The molecule has 1 unspecified atom stereocenters. The summed E-state index contributed by atoms with van der Waals surface area (Å²) in [6.45, 7) is 0. The molecule has 2 aromatic rings. The Kier molecular flexibility index (Phi) is 3.63. The molecule has 3 rings (SSSR count). The first-order chi connectivity index (χ1) is 10.5. The lowest BCUT2D eigenvalue weighted by molar-refractivity contribution is -0.140. The van der Waals surface area contributed by atoms with Crippen LogP contribution in [0.5, 0.6) is 0 Å². The van der Waals surface area contributed by atoms with Crippen LogP contribution in [0.4, 0.5) is 10.1 Å². The van der Waals surface area contributed by atoms with Crippen molar-refractivity contribution in [3.8, 4) is 11.1 Å². The first-order valence-corrected chi connectivity index (χ1v) is 6.94. The molecule has 1 amide bonds. The molecular weight excluding hydrogens is 285 g/mol. The third kappa shape index (κ3) is 2.83. The van der Waals surface area contributed by atoms with E-state index in [9.17, 15) is 14.0 Å². The zero-order valence-corrected chi connectivity index (χ0v) is 11.7. The van der Waals surface area contributed by atoms with E-state index in [4.69, 9.17) is 5.11 Å².